The molecule has 0 aromatic heterocycles. The van der Waals surface area contributed by atoms with Crippen molar-refractivity contribution >= 4 is 57.8 Å². The second-order valence-corrected chi connectivity index (χ2v) is 0.354. The summed E-state index contributed by atoms with van der Waals surface area (Å²) in [7, 11) is -3.75. The van der Waals surface area contributed by atoms with Crippen LogP contribution in [0.5, 0.6) is 0 Å². The summed E-state index contributed by atoms with van der Waals surface area (Å²) >= 11 is 0. The topological polar surface area (TPSA) is 138 Å². The van der Waals surface area contributed by atoms with Crippen LogP contribution in [-0.2, 0) is 0 Å². The molecule has 0 spiro atoms. The fourth-order valence-corrected chi connectivity index (χ4v) is 0. The van der Waals surface area contributed by atoms with Gasteiger partial charge in [0, 0.05) is 0 Å². The van der Waals surface area contributed by atoms with Crippen LogP contribution in [0.3, 0.4) is 0 Å². The minimum absolute atomic E-state index is 0. The minimum Gasteiger partial charge on any atom is -0.896 e. The summed E-state index contributed by atoms with van der Waals surface area (Å²) in [6, 6.07) is 0. The van der Waals surface area contributed by atoms with E-state index in [1.165, 1.54) is 0 Å². The Balaban J connectivity index is -0.0000000150. The van der Waals surface area contributed by atoms with E-state index in [0.717, 1.165) is 0 Å². The standard InChI is InChI=1S/2Al.3BHO2/c;;3*2-1-3/h;;3*1H/q2*+3;3*-2. The van der Waals surface area contributed by atoms with Crippen LogP contribution in [0.25, 0.3) is 0 Å². The van der Waals surface area contributed by atoms with Crippen molar-refractivity contribution in [3.63, 3.8) is 0 Å². The van der Waals surface area contributed by atoms with Gasteiger partial charge in [0.05, 0.1) is 0 Å². The monoisotopic (exact) mass is 186 g/mol. The largest absolute Gasteiger partial charge is 3.00 e. The molecule has 0 unspecified atom stereocenters. The van der Waals surface area contributed by atoms with Gasteiger partial charge in [-0.2, -0.15) is 0 Å². The normalized spacial score (nSPS) is 3.82. The molecule has 0 aliphatic rings. The second-order valence-electron chi connectivity index (χ2n) is 0.354. The molecule has 0 saturated carbocycles. The summed E-state index contributed by atoms with van der Waals surface area (Å²) in [6.45, 7) is 0. The Morgan fingerprint density at radius 1 is 0.455 bits per heavy atom. The Hall–Kier alpha value is 1.02. The fourth-order valence-electron chi connectivity index (χ4n) is 0. The quantitative estimate of drug-likeness (QED) is 0.343. The Kier molecular flexibility index (Phi) is 184. The maximum Gasteiger partial charge on any atom is 3.00 e. The van der Waals surface area contributed by atoms with E-state index in [-0.39, 0.29) is 34.7 Å². The van der Waals surface area contributed by atoms with Gasteiger partial charge < -0.3 is 30.1 Å². The molecule has 0 N–H and O–H groups in total. The van der Waals surface area contributed by atoms with Crippen molar-refractivity contribution in [3.05, 3.63) is 0 Å². The first kappa shape index (κ1) is 29.6. The van der Waals surface area contributed by atoms with Crippen LogP contribution in [0.2, 0.25) is 0 Å². The Bertz CT molecular complexity index is 20.5. The molecule has 0 aliphatic heterocycles. The second kappa shape index (κ2) is 68.5. The molecule has 0 amide bonds. The van der Waals surface area contributed by atoms with Crippen LogP contribution < -0.4 is 30.1 Å². The fraction of sp³-hybridized carbons (Fsp3) is 0. The molecular weight excluding hydrogens is 182 g/mol. The smallest absolute Gasteiger partial charge is 0.896 e. The predicted molar refractivity (Wildman–Crippen MR) is 33.0 cm³/mol. The third-order valence-electron chi connectivity index (χ3n) is 0. The van der Waals surface area contributed by atoms with E-state index in [0.29, 0.717) is 0 Å². The van der Waals surface area contributed by atoms with Crippen molar-refractivity contribution in [2.75, 3.05) is 0 Å². The van der Waals surface area contributed by atoms with Crippen LogP contribution in [0.1, 0.15) is 0 Å². The summed E-state index contributed by atoms with van der Waals surface area (Å²) in [6.07, 6.45) is 0. The first-order chi connectivity index (χ1) is 4.24. The van der Waals surface area contributed by atoms with Crippen molar-refractivity contribution in [1.82, 2.24) is 0 Å². The molecule has 0 atom stereocenters. The van der Waals surface area contributed by atoms with Gasteiger partial charge in [-0.1, -0.05) is 0 Å². The average Bonchev–Trinajstić information content (AvgIpc) is 1.70. The minimum atomic E-state index is -1.25. The summed E-state index contributed by atoms with van der Waals surface area (Å²) in [4.78, 5) is 0. The Labute approximate surface area is 88.1 Å². The molecule has 0 heterocycles. The molecule has 0 radical (unpaired) electrons. The van der Waals surface area contributed by atoms with E-state index in [1.54, 1.807) is 0 Å². The van der Waals surface area contributed by atoms with Crippen LogP contribution in [0, 0.1) is 0 Å². The Morgan fingerprint density at radius 3 is 0.455 bits per heavy atom. The molecule has 0 aromatic carbocycles. The molecule has 0 saturated heterocycles. The molecule has 54 valence electrons. The van der Waals surface area contributed by atoms with E-state index in [2.05, 4.69) is 0 Å². The molecule has 11 heteroatoms. The SMILES string of the molecule is [Al+3].[Al+3].[O-]B[O-].[O-]B[O-].[O-]B[O-]. The maximum atomic E-state index is 8.38. The van der Waals surface area contributed by atoms with Crippen molar-refractivity contribution in [2.24, 2.45) is 0 Å². The van der Waals surface area contributed by atoms with Gasteiger partial charge in [0.25, 0.3) is 0 Å². The molecule has 0 rings (SSSR count). The van der Waals surface area contributed by atoms with Crippen molar-refractivity contribution in [2.45, 2.75) is 0 Å². The van der Waals surface area contributed by atoms with Gasteiger partial charge in [-0.3, -0.25) is 0 Å². The number of hydrogen-bond acceptors (Lipinski definition) is 6. The molecule has 0 aliphatic carbocycles. The van der Waals surface area contributed by atoms with Gasteiger partial charge in [-0.25, -0.2) is 0 Å². The number of rotatable bonds is 0. The van der Waals surface area contributed by atoms with Crippen molar-refractivity contribution in [1.29, 1.82) is 0 Å². The van der Waals surface area contributed by atoms with E-state index in [4.69, 9.17) is 30.1 Å². The Morgan fingerprint density at radius 2 is 0.455 bits per heavy atom. The van der Waals surface area contributed by atoms with Crippen LogP contribution in [0.4, 0.5) is 0 Å². The summed E-state index contributed by atoms with van der Waals surface area (Å²) in [5, 5.41) is 50.2. The summed E-state index contributed by atoms with van der Waals surface area (Å²) in [5.41, 5.74) is 0. The zero-order valence-corrected chi connectivity index (χ0v) is 8.03. The molecular formula is H3Al2B3O6. The van der Waals surface area contributed by atoms with Crippen LogP contribution in [0.15, 0.2) is 0 Å². The van der Waals surface area contributed by atoms with Crippen LogP contribution in [-0.4, -0.2) is 57.8 Å². The van der Waals surface area contributed by atoms with Gasteiger partial charge in [-0.15, -0.1) is 23.1 Å². The van der Waals surface area contributed by atoms with Gasteiger partial charge in [0.15, 0.2) is 0 Å². The number of hydrogen-bond donors (Lipinski definition) is 0. The van der Waals surface area contributed by atoms with E-state index in [9.17, 15) is 0 Å². The maximum absolute atomic E-state index is 8.38. The third-order valence-corrected chi connectivity index (χ3v) is 0. The van der Waals surface area contributed by atoms with E-state index in [1.807, 2.05) is 0 Å². The van der Waals surface area contributed by atoms with Crippen molar-refractivity contribution < 1.29 is 30.1 Å². The summed E-state index contributed by atoms with van der Waals surface area (Å²) < 4.78 is 0. The molecule has 6 nitrogen and oxygen atoms in total. The van der Waals surface area contributed by atoms with Gasteiger partial charge in [0.1, 0.15) is 0 Å². The summed E-state index contributed by atoms with van der Waals surface area (Å²) in [5.74, 6) is 0. The van der Waals surface area contributed by atoms with Crippen LogP contribution >= 0.6 is 0 Å². The molecule has 0 bridgehead atoms. The van der Waals surface area contributed by atoms with Crippen molar-refractivity contribution in [3.8, 4) is 0 Å². The first-order valence-corrected chi connectivity index (χ1v) is 1.73. The average molecular weight is 185 g/mol. The predicted octanol–water partition coefficient (Wildman–Crippen LogP) is -9.84. The first-order valence-electron chi connectivity index (χ1n) is 1.73. The van der Waals surface area contributed by atoms with E-state index >= 15 is 0 Å². The van der Waals surface area contributed by atoms with Gasteiger partial charge in [0.2, 0.25) is 0 Å². The molecule has 0 fully saturated rings. The van der Waals surface area contributed by atoms with Gasteiger partial charge in [-0.05, 0) is 0 Å². The molecule has 0 aromatic rings. The van der Waals surface area contributed by atoms with E-state index < -0.39 is 23.1 Å². The molecule has 11 heavy (non-hydrogen) atoms. The zero-order valence-electron chi connectivity index (χ0n) is 5.73. The third kappa shape index (κ3) is 862. The zero-order chi connectivity index (χ0) is 8.12. The van der Waals surface area contributed by atoms with Gasteiger partial charge >= 0.3 is 34.7 Å².